The van der Waals surface area contributed by atoms with Gasteiger partial charge in [0.2, 0.25) is 6.29 Å². The number of rotatable bonds is 12. The molecule has 5 saturated carbocycles. The van der Waals surface area contributed by atoms with Crippen molar-refractivity contribution in [2.45, 2.75) is 185 Å². The van der Waals surface area contributed by atoms with Crippen LogP contribution in [0.4, 0.5) is 0 Å². The zero-order chi connectivity index (χ0) is 44.3. The van der Waals surface area contributed by atoms with Gasteiger partial charge in [0.25, 0.3) is 0 Å². The first kappa shape index (κ1) is 46.9. The molecule has 1 unspecified atom stereocenters. The minimum atomic E-state index is -1.80. The molecule has 2 saturated heterocycles. The SMILES string of the molecule is CC(C)[C@@](O)(CC[C@@H](C)[C@H]1[C@@H](O)C[C@@]2(C)[C@@H]3CCC4[C@](C)(C(=O)O[C@@H]5O[C@H](CO)[C@@H](O)[C@H](O)[C@H]5O)[C@@H](O)C[C@H](O)[C@@]45C[C@@]35CC[C@]12C)CO[C@@H]1O[C@H](CO)[C@@H](O)[C@H](O)[C@H]1O. The van der Waals surface area contributed by atoms with E-state index in [2.05, 4.69) is 20.8 Å². The fourth-order valence-electron chi connectivity index (χ4n) is 14.5. The predicted molar refractivity (Wildman–Crippen MR) is 208 cm³/mol. The lowest BCUT2D eigenvalue weighted by atomic mass is 9.41. The molecule has 60 heavy (non-hydrogen) atoms. The molecule has 17 nitrogen and oxygen atoms in total. The molecule has 23 atom stereocenters. The smallest absolute Gasteiger partial charge is 0.317 e. The quantitative estimate of drug-likeness (QED) is 0.101. The summed E-state index contributed by atoms with van der Waals surface area (Å²) in [5.41, 5.74) is -4.67. The van der Waals surface area contributed by atoms with Crippen LogP contribution in [-0.4, -0.2) is 172 Å². The second-order valence-corrected chi connectivity index (χ2v) is 21.1. The van der Waals surface area contributed by atoms with Gasteiger partial charge in [-0.25, -0.2) is 0 Å². The first-order valence-electron chi connectivity index (χ1n) is 22.2. The molecular formula is C43H72O17. The lowest BCUT2D eigenvalue weighted by Gasteiger charge is -2.63. The number of aliphatic hydroxyl groups excluding tert-OH is 11. The molecule has 12 N–H and O–H groups in total. The molecule has 2 spiro atoms. The van der Waals surface area contributed by atoms with E-state index in [4.69, 9.17) is 18.9 Å². The Balaban J connectivity index is 1.07. The Kier molecular flexibility index (Phi) is 12.6. The van der Waals surface area contributed by atoms with Gasteiger partial charge in [-0.1, -0.05) is 34.6 Å². The molecule has 5 aliphatic carbocycles. The molecule has 0 bridgehead atoms. The van der Waals surface area contributed by atoms with E-state index in [-0.39, 0.29) is 52.9 Å². The minimum absolute atomic E-state index is 0.0428. The van der Waals surface area contributed by atoms with Gasteiger partial charge in [-0.05, 0) is 104 Å². The molecule has 2 aliphatic heterocycles. The third kappa shape index (κ3) is 6.61. The second-order valence-electron chi connectivity index (χ2n) is 21.1. The summed E-state index contributed by atoms with van der Waals surface area (Å²) in [7, 11) is 0. The number of esters is 1. The molecule has 7 fully saturated rings. The fourth-order valence-corrected chi connectivity index (χ4v) is 14.5. The molecule has 0 amide bonds. The summed E-state index contributed by atoms with van der Waals surface area (Å²) < 4.78 is 22.5. The van der Waals surface area contributed by atoms with Crippen LogP contribution in [0.3, 0.4) is 0 Å². The van der Waals surface area contributed by atoms with Gasteiger partial charge < -0.3 is 80.2 Å². The largest absolute Gasteiger partial charge is 0.432 e. The van der Waals surface area contributed by atoms with Crippen LogP contribution in [0.5, 0.6) is 0 Å². The summed E-state index contributed by atoms with van der Waals surface area (Å²) >= 11 is 0. The Hall–Kier alpha value is -1.13. The normalized spacial score (nSPS) is 53.9. The topological polar surface area (TPSA) is 297 Å². The molecule has 2 heterocycles. The van der Waals surface area contributed by atoms with Gasteiger partial charge in [-0.15, -0.1) is 0 Å². The van der Waals surface area contributed by atoms with Gasteiger partial charge in [0.15, 0.2) is 6.29 Å². The zero-order valence-corrected chi connectivity index (χ0v) is 35.8. The average molecular weight is 861 g/mol. The summed E-state index contributed by atoms with van der Waals surface area (Å²) in [6.45, 7) is 10.4. The molecule has 17 heteroatoms. The van der Waals surface area contributed by atoms with E-state index in [9.17, 15) is 66.1 Å². The highest BCUT2D eigenvalue weighted by atomic mass is 16.7. The lowest BCUT2D eigenvalue weighted by Crippen LogP contribution is -2.65. The van der Waals surface area contributed by atoms with Crippen LogP contribution in [0.2, 0.25) is 0 Å². The number of hydrogen-bond donors (Lipinski definition) is 12. The maximum atomic E-state index is 14.3. The zero-order valence-electron chi connectivity index (χ0n) is 35.8. The van der Waals surface area contributed by atoms with Crippen LogP contribution in [0.15, 0.2) is 0 Å². The minimum Gasteiger partial charge on any atom is -0.432 e. The maximum absolute atomic E-state index is 14.3. The van der Waals surface area contributed by atoms with E-state index < -0.39 is 121 Å². The van der Waals surface area contributed by atoms with Crippen molar-refractivity contribution < 1.29 is 85.0 Å². The summed E-state index contributed by atoms with van der Waals surface area (Å²) in [5, 5.41) is 129. The van der Waals surface area contributed by atoms with Gasteiger partial charge >= 0.3 is 5.97 Å². The van der Waals surface area contributed by atoms with Gasteiger partial charge in [-0.3, -0.25) is 4.79 Å². The van der Waals surface area contributed by atoms with E-state index in [0.717, 1.165) is 12.8 Å². The van der Waals surface area contributed by atoms with Crippen molar-refractivity contribution >= 4 is 5.97 Å². The summed E-state index contributed by atoms with van der Waals surface area (Å²) in [6.07, 6.45) is -13.7. The number of fused-ring (bicyclic) bond motifs is 2. The third-order valence-electron chi connectivity index (χ3n) is 18.4. The van der Waals surface area contributed by atoms with Crippen molar-refractivity contribution in [3.63, 3.8) is 0 Å². The van der Waals surface area contributed by atoms with Crippen LogP contribution in [-0.2, 0) is 23.7 Å². The molecule has 0 aromatic rings. The van der Waals surface area contributed by atoms with Crippen molar-refractivity contribution in [2.75, 3.05) is 19.8 Å². The van der Waals surface area contributed by atoms with E-state index in [1.807, 2.05) is 13.8 Å². The van der Waals surface area contributed by atoms with Gasteiger partial charge in [0, 0.05) is 11.8 Å². The van der Waals surface area contributed by atoms with Crippen molar-refractivity contribution in [1.29, 1.82) is 0 Å². The molecule has 346 valence electrons. The van der Waals surface area contributed by atoms with Crippen molar-refractivity contribution in [3.8, 4) is 0 Å². The molecule has 0 aromatic heterocycles. The molecule has 7 rings (SSSR count). The monoisotopic (exact) mass is 860 g/mol. The summed E-state index contributed by atoms with van der Waals surface area (Å²) in [6, 6.07) is 0. The fraction of sp³-hybridized carbons (Fsp3) is 0.977. The van der Waals surface area contributed by atoms with Crippen molar-refractivity contribution in [3.05, 3.63) is 0 Å². The highest BCUT2D eigenvalue weighted by molar-refractivity contribution is 5.78. The van der Waals surface area contributed by atoms with Crippen LogP contribution in [0, 0.1) is 56.7 Å². The molecule has 7 aliphatic rings. The van der Waals surface area contributed by atoms with Crippen molar-refractivity contribution in [1.82, 2.24) is 0 Å². The van der Waals surface area contributed by atoms with Crippen molar-refractivity contribution in [2.24, 2.45) is 56.7 Å². The molecule has 0 aromatic carbocycles. The summed E-state index contributed by atoms with van der Waals surface area (Å²) in [4.78, 5) is 14.3. The Labute approximate surface area is 351 Å². The maximum Gasteiger partial charge on any atom is 0.317 e. The highest BCUT2D eigenvalue weighted by Crippen LogP contribution is 2.89. The van der Waals surface area contributed by atoms with E-state index in [0.29, 0.717) is 38.5 Å². The number of aliphatic hydroxyl groups is 12. The standard InChI is InChI=1S/C43H72O17/c1-19(2)42(56,18-57-35-33(53)31(51)29(49)22(15-44)58-35)10-9-20(3)28-21(46)14-39(5)24-7-8-25-40(6,37(55)60-36-34(54)32(52)30(50)23(16-45)59-36)26(47)13-27(48)43(25)17-41(24,43)12-11-38(28,39)4/h19-36,44-54,56H,7-18H2,1-6H3/t20-,21+,22-,23-,24+,25?,26+,27+,28+,29-,30-,31+,32+,33-,34-,35-,36+,38-,39+,40+,41+,42-,43-/m1/s1. The van der Waals surface area contributed by atoms with E-state index in [1.165, 1.54) is 0 Å². The third-order valence-corrected chi connectivity index (χ3v) is 18.4. The van der Waals surface area contributed by atoms with Gasteiger partial charge in [0.05, 0.1) is 49.1 Å². The van der Waals surface area contributed by atoms with Gasteiger partial charge in [-0.2, -0.15) is 0 Å². The lowest BCUT2D eigenvalue weighted by molar-refractivity contribution is -0.310. The number of carbonyl (C=O) groups is 1. The number of carbonyl (C=O) groups excluding carboxylic acids is 1. The Morgan fingerprint density at radius 1 is 0.750 bits per heavy atom. The van der Waals surface area contributed by atoms with Crippen LogP contribution >= 0.6 is 0 Å². The van der Waals surface area contributed by atoms with E-state index >= 15 is 0 Å². The van der Waals surface area contributed by atoms with Crippen LogP contribution < -0.4 is 0 Å². The molecule has 0 radical (unpaired) electrons. The number of hydrogen-bond acceptors (Lipinski definition) is 17. The van der Waals surface area contributed by atoms with E-state index in [1.54, 1.807) is 6.92 Å². The van der Waals surface area contributed by atoms with Crippen LogP contribution in [0.25, 0.3) is 0 Å². The Morgan fingerprint density at radius 2 is 1.32 bits per heavy atom. The first-order valence-corrected chi connectivity index (χ1v) is 22.2. The predicted octanol–water partition coefficient (Wildman–Crippen LogP) is -1.33. The second kappa shape index (κ2) is 16.1. The molecular weight excluding hydrogens is 788 g/mol. The Bertz CT molecular complexity index is 1570. The van der Waals surface area contributed by atoms with Crippen LogP contribution in [0.1, 0.15) is 99.3 Å². The highest BCUT2D eigenvalue weighted by Gasteiger charge is 2.86. The van der Waals surface area contributed by atoms with Gasteiger partial charge in [0.1, 0.15) is 48.8 Å². The first-order chi connectivity index (χ1) is 27.9. The Morgan fingerprint density at radius 3 is 1.90 bits per heavy atom. The average Bonchev–Trinajstić information content (AvgIpc) is 3.84. The number of ether oxygens (including phenoxy) is 4. The summed E-state index contributed by atoms with van der Waals surface area (Å²) in [5.74, 6) is -1.73.